The lowest BCUT2D eigenvalue weighted by Crippen LogP contribution is -2.68. The molecule has 34 heavy (non-hydrogen) atoms. The van der Waals surface area contributed by atoms with E-state index in [9.17, 15) is 20.1 Å². The molecule has 0 aromatic heterocycles. The van der Waals surface area contributed by atoms with Crippen LogP contribution < -0.4 is 0 Å². The third kappa shape index (κ3) is 2.88. The number of carboxylic acid groups (broad SMARTS) is 1. The standard InChI is InChI=1S/C30H48O4/c1-25(2)12-14-30(24(33)34)15-13-28(6)18(19(30)16-25)8-9-21-27(5)11-10-22(32)26(3,4)23(27)20(31)17-29(21,28)7/h8,19-23,31-32H,9-17H2,1-7H3,(H,33,34)/t19?,20?,21?,22?,23?,27-,28+,29+,30?/m0/s1. The summed E-state index contributed by atoms with van der Waals surface area (Å²) in [4.78, 5) is 12.8. The molecule has 9 atom stereocenters. The highest BCUT2D eigenvalue weighted by Crippen LogP contribution is 2.75. The lowest BCUT2D eigenvalue weighted by Gasteiger charge is -2.72. The smallest absolute Gasteiger partial charge is 0.310 e. The van der Waals surface area contributed by atoms with Crippen LogP contribution in [0.15, 0.2) is 11.6 Å². The van der Waals surface area contributed by atoms with Crippen molar-refractivity contribution in [3.05, 3.63) is 11.6 Å². The van der Waals surface area contributed by atoms with E-state index >= 15 is 0 Å². The zero-order valence-corrected chi connectivity index (χ0v) is 22.6. The summed E-state index contributed by atoms with van der Waals surface area (Å²) < 4.78 is 0. The number of aliphatic hydroxyl groups excluding tert-OH is 2. The Morgan fingerprint density at radius 3 is 2.21 bits per heavy atom. The van der Waals surface area contributed by atoms with E-state index in [0.29, 0.717) is 5.92 Å². The van der Waals surface area contributed by atoms with Crippen molar-refractivity contribution in [1.29, 1.82) is 0 Å². The second-order valence-corrected chi connectivity index (χ2v) is 15.2. The van der Waals surface area contributed by atoms with Crippen LogP contribution in [0.5, 0.6) is 0 Å². The monoisotopic (exact) mass is 472 g/mol. The zero-order valence-electron chi connectivity index (χ0n) is 22.6. The van der Waals surface area contributed by atoms with E-state index in [1.54, 1.807) is 0 Å². The maximum Gasteiger partial charge on any atom is 0.310 e. The van der Waals surface area contributed by atoms with Gasteiger partial charge in [0.05, 0.1) is 17.6 Å². The SMILES string of the molecule is CC1(C)CCC2(C(=O)O)CC[C@]3(C)C(=CCC4[C@]5(C)CCC(O)C(C)(C)C5C(O)C[C@]43C)C2C1. The zero-order chi connectivity index (χ0) is 25.1. The molecular formula is C30H48O4. The van der Waals surface area contributed by atoms with Crippen molar-refractivity contribution in [1.82, 2.24) is 0 Å². The Morgan fingerprint density at radius 1 is 0.912 bits per heavy atom. The Kier molecular flexibility index (Phi) is 5.20. The molecule has 192 valence electrons. The van der Waals surface area contributed by atoms with Crippen molar-refractivity contribution < 1.29 is 20.1 Å². The topological polar surface area (TPSA) is 77.8 Å². The van der Waals surface area contributed by atoms with Gasteiger partial charge in [-0.15, -0.1) is 0 Å². The number of hydrogen-bond donors (Lipinski definition) is 3. The van der Waals surface area contributed by atoms with Crippen LogP contribution in [-0.2, 0) is 4.79 Å². The Balaban J connectivity index is 1.63. The van der Waals surface area contributed by atoms with Crippen molar-refractivity contribution in [3.8, 4) is 0 Å². The van der Waals surface area contributed by atoms with Gasteiger partial charge in [-0.25, -0.2) is 0 Å². The normalized spacial score (nSPS) is 53.4. The molecule has 5 aliphatic rings. The predicted molar refractivity (Wildman–Crippen MR) is 134 cm³/mol. The molecular weight excluding hydrogens is 424 g/mol. The van der Waals surface area contributed by atoms with Crippen molar-refractivity contribution in [2.24, 2.45) is 50.2 Å². The average molecular weight is 473 g/mol. The molecule has 0 aromatic carbocycles. The van der Waals surface area contributed by atoms with Gasteiger partial charge < -0.3 is 15.3 Å². The molecule has 5 rings (SSSR count). The minimum Gasteiger partial charge on any atom is -0.481 e. The summed E-state index contributed by atoms with van der Waals surface area (Å²) in [6.07, 6.45) is 9.49. The molecule has 0 saturated heterocycles. The van der Waals surface area contributed by atoms with Gasteiger partial charge in [0.25, 0.3) is 0 Å². The van der Waals surface area contributed by atoms with Gasteiger partial charge in [-0.05, 0) is 103 Å². The summed E-state index contributed by atoms with van der Waals surface area (Å²) in [5.41, 5.74) is 0.421. The number of aliphatic carboxylic acids is 1. The first-order chi connectivity index (χ1) is 15.6. The third-order valence-electron chi connectivity index (χ3n) is 12.9. The molecule has 6 unspecified atom stereocenters. The number of fused-ring (bicyclic) bond motifs is 7. The number of aliphatic hydroxyl groups is 2. The lowest BCUT2D eigenvalue weighted by atomic mass is 9.33. The molecule has 0 aliphatic heterocycles. The van der Waals surface area contributed by atoms with Gasteiger partial charge in [-0.1, -0.05) is 60.1 Å². The number of allylic oxidation sites excluding steroid dienone is 2. The first-order valence-corrected chi connectivity index (χ1v) is 13.9. The van der Waals surface area contributed by atoms with Crippen molar-refractivity contribution in [2.75, 3.05) is 0 Å². The molecule has 0 aromatic rings. The number of carboxylic acids is 1. The van der Waals surface area contributed by atoms with Gasteiger partial charge >= 0.3 is 5.97 Å². The van der Waals surface area contributed by atoms with Gasteiger partial charge in [0.1, 0.15) is 0 Å². The number of hydrogen-bond acceptors (Lipinski definition) is 3. The van der Waals surface area contributed by atoms with Gasteiger partial charge in [0, 0.05) is 0 Å². The fraction of sp³-hybridized carbons (Fsp3) is 0.900. The molecule has 5 aliphatic carbocycles. The minimum atomic E-state index is -0.624. The Morgan fingerprint density at radius 2 is 1.56 bits per heavy atom. The van der Waals surface area contributed by atoms with Crippen molar-refractivity contribution >= 4 is 5.97 Å². The molecule has 4 saturated carbocycles. The summed E-state index contributed by atoms with van der Waals surface area (Å²) in [6, 6.07) is 0. The third-order valence-corrected chi connectivity index (χ3v) is 12.9. The van der Waals surface area contributed by atoms with Crippen LogP contribution in [0.1, 0.15) is 106 Å². The molecule has 0 bridgehead atoms. The van der Waals surface area contributed by atoms with Gasteiger partial charge in [0.15, 0.2) is 0 Å². The molecule has 0 heterocycles. The van der Waals surface area contributed by atoms with E-state index in [1.807, 2.05) is 0 Å². The first kappa shape index (κ1) is 24.8. The molecule has 4 heteroatoms. The van der Waals surface area contributed by atoms with Crippen LogP contribution in [0.25, 0.3) is 0 Å². The van der Waals surface area contributed by atoms with Crippen molar-refractivity contribution in [3.63, 3.8) is 0 Å². The fourth-order valence-electron chi connectivity index (χ4n) is 10.8. The fourth-order valence-corrected chi connectivity index (χ4v) is 10.8. The summed E-state index contributed by atoms with van der Waals surface area (Å²) in [5, 5.41) is 33.1. The first-order valence-electron chi connectivity index (χ1n) is 13.9. The number of carbonyl (C=O) groups is 1. The van der Waals surface area contributed by atoms with E-state index in [1.165, 1.54) is 5.57 Å². The maximum absolute atomic E-state index is 12.8. The summed E-state index contributed by atoms with van der Waals surface area (Å²) in [6.45, 7) is 16.2. The van der Waals surface area contributed by atoms with E-state index in [0.717, 1.165) is 57.8 Å². The lowest BCUT2D eigenvalue weighted by molar-refractivity contribution is -0.242. The highest BCUT2D eigenvalue weighted by molar-refractivity contribution is 5.76. The van der Waals surface area contributed by atoms with Gasteiger partial charge in [-0.2, -0.15) is 0 Å². The molecule has 3 N–H and O–H groups in total. The van der Waals surface area contributed by atoms with Crippen LogP contribution in [-0.4, -0.2) is 33.5 Å². The Labute approximate surface area is 206 Å². The molecule has 0 spiro atoms. The highest BCUT2D eigenvalue weighted by Gasteiger charge is 2.70. The van der Waals surface area contributed by atoms with Crippen LogP contribution in [0.2, 0.25) is 0 Å². The van der Waals surface area contributed by atoms with Crippen LogP contribution in [0.3, 0.4) is 0 Å². The van der Waals surface area contributed by atoms with Crippen LogP contribution >= 0.6 is 0 Å². The number of rotatable bonds is 1. The summed E-state index contributed by atoms with van der Waals surface area (Å²) in [7, 11) is 0. The van der Waals surface area contributed by atoms with Crippen LogP contribution in [0.4, 0.5) is 0 Å². The Hall–Kier alpha value is -0.870. The molecule has 4 fully saturated rings. The summed E-state index contributed by atoms with van der Waals surface area (Å²) in [5.74, 6) is 0.0121. The van der Waals surface area contributed by atoms with Crippen LogP contribution in [0, 0.1) is 50.2 Å². The van der Waals surface area contributed by atoms with Crippen molar-refractivity contribution in [2.45, 2.75) is 118 Å². The maximum atomic E-state index is 12.8. The van der Waals surface area contributed by atoms with E-state index in [2.05, 4.69) is 54.5 Å². The summed E-state index contributed by atoms with van der Waals surface area (Å²) >= 11 is 0. The predicted octanol–water partition coefficient (Wildman–Crippen LogP) is 6.20. The minimum absolute atomic E-state index is 0.0344. The highest BCUT2D eigenvalue weighted by atomic mass is 16.4. The molecule has 4 nitrogen and oxygen atoms in total. The molecule has 0 amide bonds. The molecule has 0 radical (unpaired) electrons. The largest absolute Gasteiger partial charge is 0.481 e. The van der Waals surface area contributed by atoms with Gasteiger partial charge in [-0.3, -0.25) is 4.79 Å². The second-order valence-electron chi connectivity index (χ2n) is 15.2. The van der Waals surface area contributed by atoms with E-state index < -0.39 is 17.5 Å². The Bertz CT molecular complexity index is 919. The average Bonchev–Trinajstić information content (AvgIpc) is 2.70. The van der Waals surface area contributed by atoms with E-state index in [4.69, 9.17) is 0 Å². The van der Waals surface area contributed by atoms with Gasteiger partial charge in [0.2, 0.25) is 0 Å². The quantitative estimate of drug-likeness (QED) is 0.397. The second kappa shape index (κ2) is 7.12. The van der Waals surface area contributed by atoms with E-state index in [-0.39, 0.29) is 45.0 Å².